The van der Waals surface area contributed by atoms with Crippen molar-refractivity contribution in [2.75, 3.05) is 19.8 Å². The predicted molar refractivity (Wildman–Crippen MR) is 115 cm³/mol. The zero-order valence-electron chi connectivity index (χ0n) is 17.7. The molecule has 0 bridgehead atoms. The summed E-state index contributed by atoms with van der Waals surface area (Å²) in [4.78, 5) is 19.3. The van der Waals surface area contributed by atoms with Crippen LogP contribution in [0.3, 0.4) is 0 Å². The number of amides is 1. The molecule has 2 aromatic heterocycles. The summed E-state index contributed by atoms with van der Waals surface area (Å²) in [5.41, 5.74) is 4.24. The number of nitriles is 1. The van der Waals surface area contributed by atoms with E-state index in [1.807, 2.05) is 54.8 Å². The number of ether oxygens (including phenoxy) is 2. The Morgan fingerprint density at radius 1 is 1.19 bits per heavy atom. The highest BCUT2D eigenvalue weighted by Gasteiger charge is 2.23. The molecule has 7 heteroatoms. The minimum Gasteiger partial charge on any atom is -0.486 e. The molecule has 7 nitrogen and oxygen atoms in total. The Balaban J connectivity index is 1.66. The van der Waals surface area contributed by atoms with Gasteiger partial charge in [-0.3, -0.25) is 9.78 Å². The molecule has 0 saturated heterocycles. The first-order valence-electron chi connectivity index (χ1n) is 10.2. The molecule has 0 fully saturated rings. The quantitative estimate of drug-likeness (QED) is 0.610. The van der Waals surface area contributed by atoms with Crippen molar-refractivity contribution in [3.05, 3.63) is 71.3 Å². The number of carbonyl (C=O) groups is 1. The molecule has 3 aromatic rings. The molecular formula is C24H24N4O3. The second-order valence-corrected chi connectivity index (χ2v) is 7.44. The van der Waals surface area contributed by atoms with E-state index in [2.05, 4.69) is 11.1 Å². The van der Waals surface area contributed by atoms with Crippen LogP contribution in [0, 0.1) is 25.2 Å². The summed E-state index contributed by atoms with van der Waals surface area (Å²) >= 11 is 0. The standard InChI is InChI=1S/C24H24N4O3/c1-17-13-21(24(29)27(10-4-8-25)16-19-5-3-9-26-15-19)18(2)28(17)20-6-7-22-23(14-20)31-12-11-30-22/h3,5-7,9,13-15H,4,10-12,16H2,1-2H3. The lowest BCUT2D eigenvalue weighted by atomic mass is 10.2. The minimum atomic E-state index is -0.101. The Bertz CT molecular complexity index is 1130. The van der Waals surface area contributed by atoms with Gasteiger partial charge in [0.1, 0.15) is 13.2 Å². The maximum absolute atomic E-state index is 13.4. The van der Waals surface area contributed by atoms with Gasteiger partial charge in [-0.1, -0.05) is 6.07 Å². The van der Waals surface area contributed by atoms with E-state index in [0.29, 0.717) is 37.6 Å². The monoisotopic (exact) mass is 416 g/mol. The van der Waals surface area contributed by atoms with E-state index in [0.717, 1.165) is 28.4 Å². The van der Waals surface area contributed by atoms with Crippen LogP contribution in [-0.4, -0.2) is 40.1 Å². The van der Waals surface area contributed by atoms with E-state index in [9.17, 15) is 4.79 Å². The van der Waals surface area contributed by atoms with Crippen molar-refractivity contribution in [2.24, 2.45) is 0 Å². The Kier molecular flexibility index (Phi) is 5.89. The van der Waals surface area contributed by atoms with Crippen LogP contribution in [0.15, 0.2) is 48.8 Å². The van der Waals surface area contributed by atoms with Gasteiger partial charge in [0.15, 0.2) is 11.5 Å². The van der Waals surface area contributed by atoms with Crippen LogP contribution >= 0.6 is 0 Å². The molecule has 158 valence electrons. The van der Waals surface area contributed by atoms with Gasteiger partial charge in [0.05, 0.1) is 18.1 Å². The Hall–Kier alpha value is -3.79. The Morgan fingerprint density at radius 2 is 2.00 bits per heavy atom. The molecule has 4 rings (SSSR count). The van der Waals surface area contributed by atoms with Crippen LogP contribution < -0.4 is 9.47 Å². The van der Waals surface area contributed by atoms with E-state index < -0.39 is 0 Å². The van der Waals surface area contributed by atoms with Gasteiger partial charge in [-0.2, -0.15) is 5.26 Å². The predicted octanol–water partition coefficient (Wildman–Crippen LogP) is 3.82. The highest BCUT2D eigenvalue weighted by molar-refractivity contribution is 5.96. The number of pyridine rings is 1. The zero-order chi connectivity index (χ0) is 21.8. The summed E-state index contributed by atoms with van der Waals surface area (Å²) in [5, 5.41) is 9.06. The zero-order valence-corrected chi connectivity index (χ0v) is 17.7. The third-order valence-corrected chi connectivity index (χ3v) is 5.32. The molecule has 3 heterocycles. The lowest BCUT2D eigenvalue weighted by Crippen LogP contribution is -2.31. The van der Waals surface area contributed by atoms with Crippen molar-refractivity contribution in [1.29, 1.82) is 5.26 Å². The largest absolute Gasteiger partial charge is 0.486 e. The number of benzene rings is 1. The maximum atomic E-state index is 13.4. The molecule has 1 aliphatic heterocycles. The van der Waals surface area contributed by atoms with Crippen LogP contribution in [0.4, 0.5) is 0 Å². The lowest BCUT2D eigenvalue weighted by molar-refractivity contribution is 0.0746. The van der Waals surface area contributed by atoms with Crippen LogP contribution in [0.2, 0.25) is 0 Å². The number of rotatable bonds is 6. The molecule has 0 unspecified atom stereocenters. The van der Waals surface area contributed by atoms with Gasteiger partial charge in [0.2, 0.25) is 0 Å². The first-order valence-corrected chi connectivity index (χ1v) is 10.2. The third kappa shape index (κ3) is 4.24. The van der Waals surface area contributed by atoms with Gasteiger partial charge >= 0.3 is 0 Å². The summed E-state index contributed by atoms with van der Waals surface area (Å²) < 4.78 is 13.4. The van der Waals surface area contributed by atoms with Crippen molar-refractivity contribution in [2.45, 2.75) is 26.8 Å². The topological polar surface area (TPSA) is 80.4 Å². The van der Waals surface area contributed by atoms with Gasteiger partial charge < -0.3 is 18.9 Å². The number of aryl methyl sites for hydroxylation is 1. The van der Waals surface area contributed by atoms with E-state index in [1.54, 1.807) is 17.3 Å². The van der Waals surface area contributed by atoms with Crippen LogP contribution in [0.1, 0.15) is 33.7 Å². The van der Waals surface area contributed by atoms with Crippen LogP contribution in [-0.2, 0) is 6.54 Å². The van der Waals surface area contributed by atoms with Crippen molar-refractivity contribution >= 4 is 5.91 Å². The molecule has 0 atom stereocenters. The SMILES string of the molecule is Cc1cc(C(=O)N(CCC#N)Cc2cccnc2)c(C)n1-c1ccc2c(c1)OCCO2. The van der Waals surface area contributed by atoms with E-state index in [4.69, 9.17) is 14.7 Å². The summed E-state index contributed by atoms with van der Waals surface area (Å²) in [6.07, 6.45) is 3.71. The van der Waals surface area contributed by atoms with Crippen molar-refractivity contribution in [1.82, 2.24) is 14.5 Å². The third-order valence-electron chi connectivity index (χ3n) is 5.32. The molecular weight excluding hydrogens is 392 g/mol. The Labute approximate surface area is 181 Å². The fraction of sp³-hybridized carbons (Fsp3) is 0.292. The van der Waals surface area contributed by atoms with Gasteiger partial charge in [0, 0.05) is 48.6 Å². The molecule has 0 N–H and O–H groups in total. The molecule has 1 amide bonds. The maximum Gasteiger partial charge on any atom is 0.256 e. The average molecular weight is 416 g/mol. The summed E-state index contributed by atoms with van der Waals surface area (Å²) in [6, 6.07) is 13.6. The molecule has 31 heavy (non-hydrogen) atoms. The van der Waals surface area contributed by atoms with Crippen LogP contribution in [0.5, 0.6) is 11.5 Å². The van der Waals surface area contributed by atoms with Crippen molar-refractivity contribution in [3.8, 4) is 23.3 Å². The highest BCUT2D eigenvalue weighted by Crippen LogP contribution is 2.33. The number of carbonyl (C=O) groups excluding carboxylic acids is 1. The average Bonchev–Trinajstić information content (AvgIpc) is 3.10. The number of fused-ring (bicyclic) bond motifs is 1. The summed E-state index contributed by atoms with van der Waals surface area (Å²) in [7, 11) is 0. The Morgan fingerprint density at radius 3 is 2.74 bits per heavy atom. The molecule has 0 saturated carbocycles. The number of nitrogens with zero attached hydrogens (tertiary/aromatic N) is 4. The lowest BCUT2D eigenvalue weighted by Gasteiger charge is -2.22. The highest BCUT2D eigenvalue weighted by atomic mass is 16.6. The van der Waals surface area contributed by atoms with E-state index in [1.165, 1.54) is 0 Å². The second-order valence-electron chi connectivity index (χ2n) is 7.44. The molecule has 0 spiro atoms. The van der Waals surface area contributed by atoms with Crippen molar-refractivity contribution in [3.63, 3.8) is 0 Å². The number of aromatic nitrogens is 2. The number of hydrogen-bond donors (Lipinski definition) is 0. The molecule has 1 aromatic carbocycles. The van der Waals surface area contributed by atoms with Gasteiger partial charge in [-0.15, -0.1) is 0 Å². The van der Waals surface area contributed by atoms with Gasteiger partial charge in [0.25, 0.3) is 5.91 Å². The fourth-order valence-electron chi connectivity index (χ4n) is 3.87. The second kappa shape index (κ2) is 8.92. The minimum absolute atomic E-state index is 0.101. The van der Waals surface area contributed by atoms with Crippen molar-refractivity contribution < 1.29 is 14.3 Å². The molecule has 0 aliphatic carbocycles. The molecule has 0 radical (unpaired) electrons. The van der Waals surface area contributed by atoms with Gasteiger partial charge in [-0.05, 0) is 43.7 Å². The first kappa shape index (κ1) is 20.5. The van der Waals surface area contributed by atoms with Crippen LogP contribution in [0.25, 0.3) is 5.69 Å². The summed E-state index contributed by atoms with van der Waals surface area (Å²) in [6.45, 7) is 5.74. The normalized spacial score (nSPS) is 12.3. The summed E-state index contributed by atoms with van der Waals surface area (Å²) in [5.74, 6) is 1.33. The first-order chi connectivity index (χ1) is 15.1. The van der Waals surface area contributed by atoms with E-state index >= 15 is 0 Å². The van der Waals surface area contributed by atoms with E-state index in [-0.39, 0.29) is 12.3 Å². The molecule has 1 aliphatic rings. The van der Waals surface area contributed by atoms with Gasteiger partial charge in [-0.25, -0.2) is 0 Å². The number of hydrogen-bond acceptors (Lipinski definition) is 5. The fourth-order valence-corrected chi connectivity index (χ4v) is 3.87. The smallest absolute Gasteiger partial charge is 0.256 e.